The summed E-state index contributed by atoms with van der Waals surface area (Å²) in [7, 11) is -1.42. The van der Waals surface area contributed by atoms with E-state index in [0.717, 1.165) is 27.2 Å². The largest absolute Gasteiger partial charge is 0.494 e. The molecule has 6 rings (SSSR count). The molecule has 3 aliphatic rings. The predicted octanol–water partition coefficient (Wildman–Crippen LogP) is 4.92. The van der Waals surface area contributed by atoms with E-state index in [2.05, 4.69) is 51.1 Å². The van der Waals surface area contributed by atoms with Crippen molar-refractivity contribution in [3.63, 3.8) is 0 Å². The van der Waals surface area contributed by atoms with Crippen LogP contribution in [0.4, 0.5) is 4.79 Å². The molecule has 6 nitrogen and oxygen atoms in total. The van der Waals surface area contributed by atoms with E-state index in [9.17, 15) is 9.90 Å². The molecule has 3 atom stereocenters. The zero-order valence-electron chi connectivity index (χ0n) is 23.6. The highest BCUT2D eigenvalue weighted by atomic mass is 28.4. The average Bonchev–Trinajstić information content (AvgIpc) is 3.18. The van der Waals surface area contributed by atoms with Gasteiger partial charge in [0.05, 0.1) is 18.6 Å². The second-order valence-electron chi connectivity index (χ2n) is 12.1. The summed E-state index contributed by atoms with van der Waals surface area (Å²) in [5.41, 5.74) is 1.67. The van der Waals surface area contributed by atoms with Crippen molar-refractivity contribution in [2.24, 2.45) is 0 Å². The Bertz CT molecular complexity index is 1390. The first kappa shape index (κ1) is 26.7. The molecule has 0 radical (unpaired) electrons. The molecule has 2 aliphatic heterocycles. The van der Waals surface area contributed by atoms with Crippen LogP contribution in [0.3, 0.4) is 0 Å². The number of carbonyl (C=O) groups excluding carboxylic acids is 1. The summed E-state index contributed by atoms with van der Waals surface area (Å²) in [6.07, 6.45) is 4.06. The Kier molecular flexibility index (Phi) is 6.54. The maximum atomic E-state index is 14.3. The Morgan fingerprint density at radius 3 is 2.27 bits per heavy atom. The zero-order chi connectivity index (χ0) is 28.1. The highest BCUT2D eigenvalue weighted by Crippen LogP contribution is 2.55. The maximum absolute atomic E-state index is 14.3. The van der Waals surface area contributed by atoms with E-state index in [1.165, 1.54) is 0 Å². The van der Waals surface area contributed by atoms with E-state index >= 15 is 0 Å². The number of hydrogen-bond donors (Lipinski definition) is 1. The van der Waals surface area contributed by atoms with Crippen LogP contribution < -0.4 is 19.8 Å². The van der Waals surface area contributed by atoms with Gasteiger partial charge in [0, 0.05) is 25.1 Å². The Hall–Kier alpha value is -3.55. The molecule has 0 saturated heterocycles. The van der Waals surface area contributed by atoms with Gasteiger partial charge >= 0.3 is 14.4 Å². The molecule has 40 heavy (non-hydrogen) atoms. The Labute approximate surface area is 237 Å². The third-order valence-corrected chi connectivity index (χ3v) is 13.8. The van der Waals surface area contributed by atoms with Crippen LogP contribution in [-0.2, 0) is 16.4 Å². The van der Waals surface area contributed by atoms with Crippen LogP contribution in [0.25, 0.3) is 0 Å². The smallest absolute Gasteiger partial charge is 0.397 e. The summed E-state index contributed by atoms with van der Waals surface area (Å²) < 4.78 is 19.0. The van der Waals surface area contributed by atoms with Gasteiger partial charge in [-0.1, -0.05) is 99.7 Å². The van der Waals surface area contributed by atoms with Gasteiger partial charge < -0.3 is 23.9 Å². The summed E-state index contributed by atoms with van der Waals surface area (Å²) in [6.45, 7) is 7.45. The first-order chi connectivity index (χ1) is 19.2. The lowest BCUT2D eigenvalue weighted by Crippen LogP contribution is -2.68. The number of methoxy groups -OCH3 is 1. The second-order valence-corrected chi connectivity index (χ2v) is 16.4. The van der Waals surface area contributed by atoms with Gasteiger partial charge in [0.1, 0.15) is 6.10 Å². The minimum Gasteiger partial charge on any atom is -0.494 e. The Morgan fingerprint density at radius 2 is 1.68 bits per heavy atom. The number of ether oxygens (including phenoxy) is 2. The lowest BCUT2D eigenvalue weighted by molar-refractivity contribution is 0.0802. The monoisotopic (exact) mass is 555 g/mol. The zero-order valence-corrected chi connectivity index (χ0v) is 24.6. The van der Waals surface area contributed by atoms with Crippen LogP contribution in [0.2, 0.25) is 5.04 Å². The molecule has 1 N–H and O–H groups in total. The molecular weight excluding hydrogens is 518 g/mol. The first-order valence-electron chi connectivity index (χ1n) is 14.0. The standard InChI is InChI=1S/C33H37NO5Si/c1-32(2,3)40(25-11-7-5-8-12-25,26-13-9-6-10-14-26)39-31(36)34-20-19-33-18-17-24(35)21-28(33)38-30-27(37-4)16-15-23(22-34)29(30)33/h5-18,24,28,35H,19-22H2,1-4H3/t24-,28-,33-/m0/s1. The lowest BCUT2D eigenvalue weighted by Gasteiger charge is -2.43. The normalized spacial score (nSPS) is 23.5. The SMILES string of the molecule is COc1ccc2c3c1O[C@H]1C[C@@H](O)C=C[C@@]31CCN(C(=O)O[Si](c1ccccc1)(c1ccccc1)C(C)(C)C)C2. The number of rotatable bonds is 4. The molecule has 0 unspecified atom stereocenters. The summed E-state index contributed by atoms with van der Waals surface area (Å²) in [4.78, 5) is 16.2. The predicted molar refractivity (Wildman–Crippen MR) is 158 cm³/mol. The minimum absolute atomic E-state index is 0.217. The van der Waals surface area contributed by atoms with Crippen LogP contribution in [0.15, 0.2) is 84.9 Å². The van der Waals surface area contributed by atoms with Crippen molar-refractivity contribution in [3.05, 3.63) is 96.1 Å². The molecule has 1 amide bonds. The maximum Gasteiger partial charge on any atom is 0.397 e. The van der Waals surface area contributed by atoms with E-state index in [1.807, 2.05) is 59.5 Å². The van der Waals surface area contributed by atoms with E-state index in [-0.39, 0.29) is 17.2 Å². The number of benzene rings is 3. The van der Waals surface area contributed by atoms with Crippen molar-refractivity contribution in [1.82, 2.24) is 4.90 Å². The minimum atomic E-state index is -3.06. The molecule has 3 aromatic carbocycles. The van der Waals surface area contributed by atoms with Crippen molar-refractivity contribution >= 4 is 24.8 Å². The summed E-state index contributed by atoms with van der Waals surface area (Å²) in [5, 5.41) is 12.2. The van der Waals surface area contributed by atoms with Crippen LogP contribution in [-0.4, -0.2) is 50.3 Å². The summed E-state index contributed by atoms with van der Waals surface area (Å²) in [5.74, 6) is 1.41. The third kappa shape index (κ3) is 4.06. The molecule has 1 spiro atoms. The number of amides is 1. The molecule has 3 aromatic rings. The second kappa shape index (κ2) is 9.82. The quantitative estimate of drug-likeness (QED) is 0.366. The van der Waals surface area contributed by atoms with Gasteiger partial charge in [-0.15, -0.1) is 0 Å². The van der Waals surface area contributed by atoms with Crippen LogP contribution in [0, 0.1) is 0 Å². The highest BCUT2D eigenvalue weighted by molar-refractivity contribution is 7.00. The fourth-order valence-corrected chi connectivity index (χ4v) is 11.3. The van der Waals surface area contributed by atoms with Crippen molar-refractivity contribution in [2.45, 2.75) is 62.8 Å². The molecular formula is C33H37NO5Si. The van der Waals surface area contributed by atoms with Crippen molar-refractivity contribution in [3.8, 4) is 11.5 Å². The van der Waals surface area contributed by atoms with Crippen molar-refractivity contribution in [2.75, 3.05) is 13.7 Å². The third-order valence-electron chi connectivity index (χ3n) is 8.87. The Balaban J connectivity index is 1.42. The summed E-state index contributed by atoms with van der Waals surface area (Å²) >= 11 is 0. The van der Waals surface area contributed by atoms with Crippen LogP contribution in [0.5, 0.6) is 11.5 Å². The summed E-state index contributed by atoms with van der Waals surface area (Å²) in [6, 6.07) is 24.4. The van der Waals surface area contributed by atoms with Crippen LogP contribution >= 0.6 is 0 Å². The number of nitrogens with zero attached hydrogens (tertiary/aromatic N) is 1. The highest BCUT2D eigenvalue weighted by Gasteiger charge is 2.56. The van der Waals surface area contributed by atoms with Crippen LogP contribution in [0.1, 0.15) is 44.7 Å². The van der Waals surface area contributed by atoms with Gasteiger partial charge in [-0.3, -0.25) is 0 Å². The van der Waals surface area contributed by atoms with Crippen molar-refractivity contribution in [1.29, 1.82) is 0 Å². The average molecular weight is 556 g/mol. The van der Waals surface area contributed by atoms with Crippen molar-refractivity contribution < 1.29 is 23.8 Å². The van der Waals surface area contributed by atoms with E-state index in [1.54, 1.807) is 7.11 Å². The van der Waals surface area contributed by atoms with Gasteiger partial charge in [-0.25, -0.2) is 4.79 Å². The molecule has 0 bridgehead atoms. The fraction of sp³-hybridized carbons (Fsp3) is 0.364. The molecule has 0 saturated carbocycles. The van der Waals surface area contributed by atoms with Gasteiger partial charge in [-0.2, -0.15) is 0 Å². The topological polar surface area (TPSA) is 68.2 Å². The first-order valence-corrected chi connectivity index (χ1v) is 15.9. The van der Waals surface area contributed by atoms with E-state index in [4.69, 9.17) is 13.9 Å². The number of carbonyl (C=O) groups is 1. The molecule has 2 heterocycles. The van der Waals surface area contributed by atoms with Gasteiger partial charge in [0.2, 0.25) is 0 Å². The van der Waals surface area contributed by atoms with E-state index < -0.39 is 19.8 Å². The molecule has 0 aromatic heterocycles. The number of hydrogen-bond acceptors (Lipinski definition) is 5. The molecule has 0 fully saturated rings. The number of aliphatic hydroxyl groups excluding tert-OH is 1. The lowest BCUT2D eigenvalue weighted by atomic mass is 9.69. The number of aliphatic hydroxyl groups is 1. The van der Waals surface area contributed by atoms with Gasteiger partial charge in [-0.05, 0) is 33.5 Å². The van der Waals surface area contributed by atoms with E-state index in [0.29, 0.717) is 31.7 Å². The van der Waals surface area contributed by atoms with Gasteiger partial charge in [0.15, 0.2) is 11.5 Å². The molecule has 1 aliphatic carbocycles. The molecule has 208 valence electrons. The van der Waals surface area contributed by atoms with Gasteiger partial charge in [0.25, 0.3) is 0 Å². The fourth-order valence-electron chi connectivity index (χ4n) is 6.94. The molecule has 7 heteroatoms. The Morgan fingerprint density at radius 1 is 1.02 bits per heavy atom.